The third-order valence-electron chi connectivity index (χ3n) is 4.70. The smallest absolute Gasteiger partial charge is 0.123 e. The van der Waals surface area contributed by atoms with Gasteiger partial charge in [0.1, 0.15) is 5.82 Å². The molecule has 2 saturated heterocycles. The van der Waals surface area contributed by atoms with Crippen LogP contribution in [0.5, 0.6) is 0 Å². The maximum absolute atomic E-state index is 13.0. The third-order valence-corrected chi connectivity index (χ3v) is 4.70. The first kappa shape index (κ1) is 14.9. The molecule has 1 spiro atoms. The SMILES string of the molecule is C[C@H](CN1CCOC2(CCOCC2)C1)c1ccc(F)cc1. The molecule has 2 heterocycles. The molecule has 0 amide bonds. The van der Waals surface area contributed by atoms with E-state index in [4.69, 9.17) is 9.47 Å². The van der Waals surface area contributed by atoms with Crippen LogP contribution >= 0.6 is 0 Å². The van der Waals surface area contributed by atoms with Gasteiger partial charge in [0.25, 0.3) is 0 Å². The molecule has 2 aliphatic rings. The fraction of sp³-hybridized carbons (Fsp3) is 0.647. The molecule has 0 aromatic heterocycles. The van der Waals surface area contributed by atoms with E-state index in [2.05, 4.69) is 11.8 Å². The van der Waals surface area contributed by atoms with Gasteiger partial charge in [-0.05, 0) is 23.6 Å². The summed E-state index contributed by atoms with van der Waals surface area (Å²) < 4.78 is 24.5. The third kappa shape index (κ3) is 3.62. The zero-order chi connectivity index (χ0) is 14.7. The summed E-state index contributed by atoms with van der Waals surface area (Å²) in [4.78, 5) is 2.49. The van der Waals surface area contributed by atoms with E-state index < -0.39 is 0 Å². The van der Waals surface area contributed by atoms with Crippen LogP contribution in [0.25, 0.3) is 0 Å². The predicted octanol–water partition coefficient (Wildman–Crippen LogP) is 2.81. The molecule has 3 nitrogen and oxygen atoms in total. The first-order valence-corrected chi connectivity index (χ1v) is 7.86. The Morgan fingerprint density at radius 1 is 1.19 bits per heavy atom. The average molecular weight is 293 g/mol. The lowest BCUT2D eigenvalue weighted by molar-refractivity contribution is -0.154. The minimum atomic E-state index is -0.168. The minimum Gasteiger partial charge on any atom is -0.381 e. The second-order valence-corrected chi connectivity index (χ2v) is 6.33. The zero-order valence-corrected chi connectivity index (χ0v) is 12.7. The van der Waals surface area contributed by atoms with Crippen molar-refractivity contribution in [3.8, 4) is 0 Å². The van der Waals surface area contributed by atoms with Crippen LogP contribution in [-0.2, 0) is 9.47 Å². The summed E-state index contributed by atoms with van der Waals surface area (Å²) in [5.41, 5.74) is 1.20. The van der Waals surface area contributed by atoms with Crippen molar-refractivity contribution in [2.24, 2.45) is 0 Å². The van der Waals surface area contributed by atoms with Crippen molar-refractivity contribution >= 4 is 0 Å². The van der Waals surface area contributed by atoms with Crippen LogP contribution < -0.4 is 0 Å². The summed E-state index contributed by atoms with van der Waals surface area (Å²) >= 11 is 0. The highest BCUT2D eigenvalue weighted by Crippen LogP contribution is 2.30. The van der Waals surface area contributed by atoms with Gasteiger partial charge in [0.15, 0.2) is 0 Å². The lowest BCUT2D eigenvalue weighted by Crippen LogP contribution is -2.54. The Hall–Kier alpha value is -0.970. The number of halogens is 1. The maximum atomic E-state index is 13.0. The Bertz CT molecular complexity index is 451. The molecule has 0 saturated carbocycles. The van der Waals surface area contributed by atoms with Gasteiger partial charge in [-0.3, -0.25) is 4.90 Å². The zero-order valence-electron chi connectivity index (χ0n) is 12.7. The highest BCUT2D eigenvalue weighted by atomic mass is 19.1. The van der Waals surface area contributed by atoms with Gasteiger partial charge in [0, 0.05) is 45.7 Å². The van der Waals surface area contributed by atoms with Crippen molar-refractivity contribution in [2.75, 3.05) is 39.5 Å². The van der Waals surface area contributed by atoms with Crippen LogP contribution in [0.4, 0.5) is 4.39 Å². The van der Waals surface area contributed by atoms with Gasteiger partial charge in [-0.1, -0.05) is 19.1 Å². The molecular formula is C17H24FNO2. The molecule has 2 aliphatic heterocycles. The molecule has 116 valence electrons. The van der Waals surface area contributed by atoms with E-state index in [-0.39, 0.29) is 11.4 Å². The van der Waals surface area contributed by atoms with E-state index in [1.165, 1.54) is 5.56 Å². The molecular weight excluding hydrogens is 269 g/mol. The summed E-state index contributed by atoms with van der Waals surface area (Å²) in [6.45, 7) is 7.59. The van der Waals surface area contributed by atoms with Crippen molar-refractivity contribution in [2.45, 2.75) is 31.3 Å². The second kappa shape index (κ2) is 6.42. The van der Waals surface area contributed by atoms with Crippen molar-refractivity contribution < 1.29 is 13.9 Å². The van der Waals surface area contributed by atoms with Crippen molar-refractivity contribution in [1.29, 1.82) is 0 Å². The predicted molar refractivity (Wildman–Crippen MR) is 80.0 cm³/mol. The fourth-order valence-electron chi connectivity index (χ4n) is 3.41. The average Bonchev–Trinajstić information content (AvgIpc) is 2.49. The number of rotatable bonds is 3. The van der Waals surface area contributed by atoms with Gasteiger partial charge in [-0.25, -0.2) is 4.39 Å². The summed E-state index contributed by atoms with van der Waals surface area (Å²) in [6.07, 6.45) is 1.99. The number of nitrogens with zero attached hydrogens (tertiary/aromatic N) is 1. The van der Waals surface area contributed by atoms with E-state index >= 15 is 0 Å². The normalized spacial score (nSPS) is 24.1. The Kier molecular flexibility index (Phi) is 4.57. The number of benzene rings is 1. The van der Waals surface area contributed by atoms with Gasteiger partial charge in [0.2, 0.25) is 0 Å². The number of hydrogen-bond acceptors (Lipinski definition) is 3. The fourth-order valence-corrected chi connectivity index (χ4v) is 3.41. The van der Waals surface area contributed by atoms with E-state index in [1.807, 2.05) is 12.1 Å². The molecule has 0 radical (unpaired) electrons. The Labute approximate surface area is 126 Å². The van der Waals surface area contributed by atoms with Crippen LogP contribution in [0.2, 0.25) is 0 Å². The molecule has 0 bridgehead atoms. The molecule has 21 heavy (non-hydrogen) atoms. The van der Waals surface area contributed by atoms with E-state index in [9.17, 15) is 4.39 Å². The van der Waals surface area contributed by atoms with Crippen LogP contribution in [0.3, 0.4) is 0 Å². The molecule has 4 heteroatoms. The highest BCUT2D eigenvalue weighted by Gasteiger charge is 2.38. The molecule has 2 fully saturated rings. The number of ether oxygens (including phenoxy) is 2. The Morgan fingerprint density at radius 2 is 1.90 bits per heavy atom. The second-order valence-electron chi connectivity index (χ2n) is 6.33. The van der Waals surface area contributed by atoms with Crippen LogP contribution in [0.15, 0.2) is 24.3 Å². The van der Waals surface area contributed by atoms with Crippen LogP contribution in [0.1, 0.15) is 31.2 Å². The van der Waals surface area contributed by atoms with Gasteiger partial charge < -0.3 is 9.47 Å². The maximum Gasteiger partial charge on any atom is 0.123 e. The molecule has 1 aromatic rings. The summed E-state index contributed by atoms with van der Waals surface area (Å²) in [7, 11) is 0. The number of hydrogen-bond donors (Lipinski definition) is 0. The van der Waals surface area contributed by atoms with Crippen molar-refractivity contribution in [3.63, 3.8) is 0 Å². The first-order valence-electron chi connectivity index (χ1n) is 7.86. The quantitative estimate of drug-likeness (QED) is 0.855. The summed E-state index contributed by atoms with van der Waals surface area (Å²) in [6, 6.07) is 6.88. The first-order chi connectivity index (χ1) is 10.2. The number of morpholine rings is 1. The van der Waals surface area contributed by atoms with Crippen molar-refractivity contribution in [1.82, 2.24) is 4.90 Å². The Balaban J connectivity index is 1.60. The molecule has 0 N–H and O–H groups in total. The van der Waals surface area contributed by atoms with Gasteiger partial charge in [-0.15, -0.1) is 0 Å². The largest absolute Gasteiger partial charge is 0.381 e. The molecule has 1 aromatic carbocycles. The van der Waals surface area contributed by atoms with Crippen LogP contribution in [-0.4, -0.2) is 50.0 Å². The highest BCUT2D eigenvalue weighted by molar-refractivity contribution is 5.20. The van der Waals surface area contributed by atoms with E-state index in [0.717, 1.165) is 52.3 Å². The van der Waals surface area contributed by atoms with Gasteiger partial charge in [-0.2, -0.15) is 0 Å². The van der Waals surface area contributed by atoms with Gasteiger partial charge >= 0.3 is 0 Å². The standard InChI is InChI=1S/C17H24FNO2/c1-14(15-2-4-16(18)5-3-15)12-19-8-11-21-17(13-19)6-9-20-10-7-17/h2-5,14H,6-13H2,1H3/t14-/m1/s1. The van der Waals surface area contributed by atoms with Crippen LogP contribution in [0, 0.1) is 5.82 Å². The molecule has 3 rings (SSSR count). The lowest BCUT2D eigenvalue weighted by Gasteiger charge is -2.45. The topological polar surface area (TPSA) is 21.7 Å². The summed E-state index contributed by atoms with van der Waals surface area (Å²) in [5, 5.41) is 0. The summed E-state index contributed by atoms with van der Waals surface area (Å²) in [5.74, 6) is 0.235. The Morgan fingerprint density at radius 3 is 2.62 bits per heavy atom. The monoisotopic (exact) mass is 293 g/mol. The van der Waals surface area contributed by atoms with Gasteiger partial charge in [0.05, 0.1) is 12.2 Å². The molecule has 0 aliphatic carbocycles. The molecule has 0 unspecified atom stereocenters. The minimum absolute atomic E-state index is 0.000976. The van der Waals surface area contributed by atoms with E-state index in [0.29, 0.717) is 5.92 Å². The molecule has 1 atom stereocenters. The lowest BCUT2D eigenvalue weighted by atomic mass is 9.91. The van der Waals surface area contributed by atoms with E-state index in [1.54, 1.807) is 12.1 Å². The van der Waals surface area contributed by atoms with Crippen molar-refractivity contribution in [3.05, 3.63) is 35.6 Å².